The lowest BCUT2D eigenvalue weighted by Crippen LogP contribution is -1.53. The van der Waals surface area contributed by atoms with Crippen LogP contribution in [0.4, 0.5) is 0 Å². The van der Waals surface area contributed by atoms with Gasteiger partial charge >= 0.3 is 0 Å². The maximum atomic E-state index is 6.50. The summed E-state index contributed by atoms with van der Waals surface area (Å²) in [6, 6.07) is 1.83. The summed E-state index contributed by atoms with van der Waals surface area (Å²) >= 11 is 0. The molecule has 1 heterocycles. The van der Waals surface area contributed by atoms with E-state index in [1.54, 1.807) is 12.4 Å². The van der Waals surface area contributed by atoms with Crippen molar-refractivity contribution in [3.63, 3.8) is 0 Å². The molecule has 0 aliphatic carbocycles. The maximum absolute atomic E-state index is 6.50. The summed E-state index contributed by atoms with van der Waals surface area (Å²) in [5.74, 6) is 0. The Morgan fingerprint density at radius 1 is 1.57 bits per heavy atom. The van der Waals surface area contributed by atoms with Gasteiger partial charge in [0.1, 0.15) is 0 Å². The molecule has 7 heavy (non-hydrogen) atoms. The fraction of sp³-hybridized carbons (Fsp3) is 0. The Labute approximate surface area is 41.6 Å². The average Bonchev–Trinajstić information content (AvgIpc) is 2.23. The van der Waals surface area contributed by atoms with E-state index in [4.69, 9.17) is 5.26 Å². The fourth-order valence-corrected chi connectivity index (χ4v) is 0.215. The van der Waals surface area contributed by atoms with Crippen LogP contribution in [0, 0.1) is 11.8 Å². The van der Waals surface area contributed by atoms with Gasteiger partial charge in [0.25, 0.3) is 0 Å². The molecule has 0 unspecified atom stereocenters. The van der Waals surface area contributed by atoms with E-state index in [2.05, 4.69) is 16.8 Å². The van der Waals surface area contributed by atoms with E-state index in [1.807, 2.05) is 6.07 Å². The third kappa shape index (κ3) is 2.50. The normalized spacial score (nSPS) is 6.00. The molecule has 3 nitrogen and oxygen atoms in total. The van der Waals surface area contributed by atoms with Crippen molar-refractivity contribution < 1.29 is 0 Å². The standard InChI is InChI=1S/C3H4N2.CHN/c1-2-4-5-3-1;1-2/h1-3H,(H,4,5);1H. The highest BCUT2D eigenvalue weighted by Gasteiger charge is 1.56. The van der Waals surface area contributed by atoms with Gasteiger partial charge in [0.15, 0.2) is 0 Å². The minimum absolute atomic E-state index is 1.69. The molecule has 0 spiro atoms. The molecule has 1 N–H and O–H groups in total. The number of hydrogen-bond acceptors (Lipinski definition) is 2. The van der Waals surface area contributed by atoms with Crippen LogP contribution in [0.15, 0.2) is 18.5 Å². The number of aromatic nitrogens is 2. The monoisotopic (exact) mass is 95.0 g/mol. The van der Waals surface area contributed by atoms with Crippen molar-refractivity contribution >= 4 is 0 Å². The second-order valence-electron chi connectivity index (χ2n) is 0.766. The molecule has 0 aromatic carbocycles. The Morgan fingerprint density at radius 3 is 2.43 bits per heavy atom. The molecule has 0 radical (unpaired) electrons. The summed E-state index contributed by atoms with van der Waals surface area (Å²) in [6.07, 6.45) is 3.46. The molecule has 3 heteroatoms. The van der Waals surface area contributed by atoms with Crippen LogP contribution in [-0.4, -0.2) is 10.2 Å². The van der Waals surface area contributed by atoms with Gasteiger partial charge in [0.2, 0.25) is 0 Å². The smallest absolute Gasteiger partial charge is 0.0487 e. The van der Waals surface area contributed by atoms with E-state index < -0.39 is 0 Å². The highest BCUT2D eigenvalue weighted by molar-refractivity contribution is 4.72. The molecule has 0 saturated heterocycles. The van der Waals surface area contributed by atoms with Crippen molar-refractivity contribution in [1.29, 1.82) is 5.26 Å². The lowest BCUT2D eigenvalue weighted by atomic mass is 10.8. The molecule has 0 bridgehead atoms. The van der Waals surface area contributed by atoms with Crippen molar-refractivity contribution in [2.75, 3.05) is 0 Å². The number of hydrogen-bond donors (Lipinski definition) is 1. The predicted molar refractivity (Wildman–Crippen MR) is 25.3 cm³/mol. The molecule has 1 aromatic rings. The third-order valence-electron chi connectivity index (χ3n) is 0.406. The van der Waals surface area contributed by atoms with Gasteiger partial charge in [-0.25, -0.2) is 5.26 Å². The van der Waals surface area contributed by atoms with Crippen LogP contribution < -0.4 is 0 Å². The van der Waals surface area contributed by atoms with Crippen LogP contribution in [0.5, 0.6) is 0 Å². The lowest BCUT2D eigenvalue weighted by Gasteiger charge is -1.49. The minimum Gasteiger partial charge on any atom is -0.286 e. The summed E-state index contributed by atoms with van der Waals surface area (Å²) in [4.78, 5) is 0. The molecule has 0 atom stereocenters. The van der Waals surface area contributed by atoms with Crippen molar-refractivity contribution in [3.05, 3.63) is 18.5 Å². The number of H-pyrrole nitrogens is 1. The van der Waals surface area contributed by atoms with Gasteiger partial charge < -0.3 is 0 Å². The Morgan fingerprint density at radius 2 is 2.29 bits per heavy atom. The number of nitriles is 1. The fourth-order valence-electron chi connectivity index (χ4n) is 0.215. The van der Waals surface area contributed by atoms with Gasteiger partial charge in [-0.3, -0.25) is 5.10 Å². The first-order valence-electron chi connectivity index (χ1n) is 1.70. The highest BCUT2D eigenvalue weighted by atomic mass is 15.1. The zero-order valence-electron chi connectivity index (χ0n) is 3.70. The van der Waals surface area contributed by atoms with Gasteiger partial charge in [-0.1, -0.05) is 0 Å². The van der Waals surface area contributed by atoms with Gasteiger partial charge in [-0.05, 0) is 6.07 Å². The first-order valence-corrected chi connectivity index (χ1v) is 1.70. The van der Waals surface area contributed by atoms with E-state index in [0.717, 1.165) is 0 Å². The van der Waals surface area contributed by atoms with Gasteiger partial charge in [-0.2, -0.15) is 5.10 Å². The summed E-state index contributed by atoms with van der Waals surface area (Å²) < 4.78 is 0. The van der Waals surface area contributed by atoms with Crippen molar-refractivity contribution in [2.45, 2.75) is 0 Å². The topological polar surface area (TPSA) is 52.5 Å². The number of rotatable bonds is 0. The molecule has 0 saturated carbocycles. The number of nitrogens with zero attached hydrogens (tertiary/aromatic N) is 2. The summed E-state index contributed by atoms with van der Waals surface area (Å²) in [7, 11) is 0. The van der Waals surface area contributed by atoms with Crippen LogP contribution in [-0.2, 0) is 0 Å². The van der Waals surface area contributed by atoms with Gasteiger partial charge in [0.05, 0.1) is 0 Å². The first-order chi connectivity index (χ1) is 3.50. The van der Waals surface area contributed by atoms with E-state index >= 15 is 0 Å². The van der Waals surface area contributed by atoms with Crippen LogP contribution >= 0.6 is 0 Å². The summed E-state index contributed by atoms with van der Waals surface area (Å²) in [5, 5.41) is 12.7. The van der Waals surface area contributed by atoms with E-state index in [0.29, 0.717) is 0 Å². The van der Waals surface area contributed by atoms with Crippen molar-refractivity contribution in [1.82, 2.24) is 10.2 Å². The Kier molecular flexibility index (Phi) is 3.83. The second-order valence-corrected chi connectivity index (χ2v) is 0.766. The predicted octanol–water partition coefficient (Wildman–Crippen LogP) is 0.549. The molecule has 0 aliphatic heterocycles. The van der Waals surface area contributed by atoms with Crippen LogP contribution in [0.1, 0.15) is 0 Å². The van der Waals surface area contributed by atoms with E-state index in [9.17, 15) is 0 Å². The maximum Gasteiger partial charge on any atom is 0.0487 e. The zero-order valence-corrected chi connectivity index (χ0v) is 3.70. The van der Waals surface area contributed by atoms with Gasteiger partial charge in [-0.15, -0.1) is 0 Å². The highest BCUT2D eigenvalue weighted by Crippen LogP contribution is 1.64. The largest absolute Gasteiger partial charge is 0.286 e. The molecule has 0 aliphatic rings. The molecule has 1 rings (SSSR count). The van der Waals surface area contributed by atoms with E-state index in [1.165, 1.54) is 0 Å². The number of nitrogens with one attached hydrogen (secondary N) is 1. The third-order valence-corrected chi connectivity index (χ3v) is 0.406. The molecule has 36 valence electrons. The summed E-state index contributed by atoms with van der Waals surface area (Å²) in [6.45, 7) is 3.50. The molecule has 1 aromatic heterocycles. The van der Waals surface area contributed by atoms with Crippen LogP contribution in [0.25, 0.3) is 0 Å². The van der Waals surface area contributed by atoms with Crippen molar-refractivity contribution in [2.24, 2.45) is 0 Å². The first kappa shape index (κ1) is 5.70. The van der Waals surface area contributed by atoms with Crippen LogP contribution in [0.3, 0.4) is 0 Å². The summed E-state index contributed by atoms with van der Waals surface area (Å²) in [5.41, 5.74) is 0. The van der Waals surface area contributed by atoms with E-state index in [-0.39, 0.29) is 0 Å². The average molecular weight is 95.1 g/mol. The van der Waals surface area contributed by atoms with Gasteiger partial charge in [0, 0.05) is 19.0 Å². The van der Waals surface area contributed by atoms with Crippen molar-refractivity contribution in [3.8, 4) is 6.57 Å². The molecule has 0 fully saturated rings. The number of aromatic amines is 1. The Bertz CT molecular complexity index is 90.5. The SMILES string of the molecule is C#N.c1cn[nH]c1. The molecule has 0 amide bonds. The molecular formula is C4H5N3. The quantitative estimate of drug-likeness (QED) is 0.511. The van der Waals surface area contributed by atoms with Crippen LogP contribution in [0.2, 0.25) is 0 Å². The second kappa shape index (κ2) is 4.70. The molecular weight excluding hydrogens is 90.1 g/mol. The minimum atomic E-state index is 1.69. The lowest BCUT2D eigenvalue weighted by molar-refractivity contribution is 1.09. The Hall–Kier alpha value is -1.30. The Balaban J connectivity index is 0.000000162. The zero-order chi connectivity index (χ0) is 5.54.